The Morgan fingerprint density at radius 1 is 1.00 bits per heavy atom. The van der Waals surface area contributed by atoms with Gasteiger partial charge in [0.25, 0.3) is 0 Å². The third-order valence-electron chi connectivity index (χ3n) is 2.76. The maximum absolute atomic E-state index is 5.94. The lowest BCUT2D eigenvalue weighted by Crippen LogP contribution is -1.99. The van der Waals surface area contributed by atoms with Gasteiger partial charge in [-0.3, -0.25) is 0 Å². The summed E-state index contributed by atoms with van der Waals surface area (Å²) in [7, 11) is 0. The summed E-state index contributed by atoms with van der Waals surface area (Å²) < 4.78 is 5.60. The molecule has 1 N–H and O–H groups in total. The molecule has 1 aromatic heterocycles. The van der Waals surface area contributed by atoms with E-state index in [4.69, 9.17) is 16.0 Å². The van der Waals surface area contributed by atoms with E-state index >= 15 is 0 Å². The molecule has 0 fully saturated rings. The predicted octanol–water partition coefficient (Wildman–Crippen LogP) is 4.00. The van der Waals surface area contributed by atoms with Crippen LogP contribution in [0.25, 0.3) is 11.5 Å². The highest BCUT2D eigenvalue weighted by molar-refractivity contribution is 6.30. The van der Waals surface area contributed by atoms with Crippen LogP contribution >= 0.6 is 11.6 Å². The van der Waals surface area contributed by atoms with E-state index in [1.54, 1.807) is 12.1 Å². The molecule has 0 bridgehead atoms. The zero-order valence-corrected chi connectivity index (χ0v) is 11.3. The Labute approximate surface area is 121 Å². The van der Waals surface area contributed by atoms with Gasteiger partial charge in [-0.15, -0.1) is 10.2 Å². The number of benzene rings is 2. The van der Waals surface area contributed by atoms with Gasteiger partial charge in [-0.25, -0.2) is 0 Å². The van der Waals surface area contributed by atoms with Crippen LogP contribution in [0.15, 0.2) is 59.0 Å². The highest BCUT2D eigenvalue weighted by Gasteiger charge is 2.08. The number of aromatic nitrogens is 2. The molecule has 0 atom stereocenters. The molecule has 3 aromatic rings. The maximum atomic E-state index is 5.94. The lowest BCUT2D eigenvalue weighted by Gasteiger charge is -2.01. The van der Waals surface area contributed by atoms with E-state index in [1.165, 1.54) is 0 Å². The normalized spacial score (nSPS) is 10.4. The van der Waals surface area contributed by atoms with Gasteiger partial charge in [-0.1, -0.05) is 35.9 Å². The number of anilines is 1. The van der Waals surface area contributed by atoms with Gasteiger partial charge in [0.15, 0.2) is 0 Å². The van der Waals surface area contributed by atoms with Crippen molar-refractivity contribution in [2.75, 3.05) is 5.32 Å². The Balaban J connectivity index is 1.71. The number of nitrogens with one attached hydrogen (secondary N) is 1. The maximum Gasteiger partial charge on any atom is 0.247 e. The fraction of sp³-hybridized carbons (Fsp3) is 0.0667. The zero-order chi connectivity index (χ0) is 13.8. The average Bonchev–Trinajstić information content (AvgIpc) is 2.95. The van der Waals surface area contributed by atoms with Crippen LogP contribution in [0.3, 0.4) is 0 Å². The lowest BCUT2D eigenvalue weighted by atomic mass is 10.2. The second kappa shape index (κ2) is 5.75. The van der Waals surface area contributed by atoms with Crippen molar-refractivity contribution in [3.8, 4) is 11.5 Å². The van der Waals surface area contributed by atoms with E-state index in [1.807, 2.05) is 42.5 Å². The van der Waals surface area contributed by atoms with Crippen LogP contribution in [0.2, 0.25) is 5.02 Å². The first-order valence-electron chi connectivity index (χ1n) is 6.18. The Morgan fingerprint density at radius 2 is 1.85 bits per heavy atom. The summed E-state index contributed by atoms with van der Waals surface area (Å²) in [5.41, 5.74) is 1.82. The van der Waals surface area contributed by atoms with Crippen molar-refractivity contribution in [2.24, 2.45) is 0 Å². The molecular weight excluding hydrogens is 274 g/mol. The van der Waals surface area contributed by atoms with Gasteiger partial charge in [-0.05, 0) is 30.3 Å². The summed E-state index contributed by atoms with van der Waals surface area (Å²) in [4.78, 5) is 0. The minimum atomic E-state index is 0.470. The van der Waals surface area contributed by atoms with Gasteiger partial charge >= 0.3 is 0 Å². The third-order valence-corrected chi connectivity index (χ3v) is 2.99. The first-order chi connectivity index (χ1) is 9.81. The number of nitrogens with zero attached hydrogens (tertiary/aromatic N) is 2. The van der Waals surface area contributed by atoms with Gasteiger partial charge < -0.3 is 9.73 Å². The van der Waals surface area contributed by atoms with Crippen molar-refractivity contribution in [3.05, 3.63) is 65.5 Å². The van der Waals surface area contributed by atoms with E-state index in [0.29, 0.717) is 23.3 Å². The van der Waals surface area contributed by atoms with Crippen molar-refractivity contribution in [1.82, 2.24) is 10.2 Å². The summed E-state index contributed by atoms with van der Waals surface area (Å²) in [5, 5.41) is 11.9. The first kappa shape index (κ1) is 12.7. The van der Waals surface area contributed by atoms with Gasteiger partial charge in [0.2, 0.25) is 11.8 Å². The topological polar surface area (TPSA) is 51.0 Å². The molecular formula is C15H12ClN3O. The van der Waals surface area contributed by atoms with E-state index in [9.17, 15) is 0 Å². The molecule has 0 aliphatic rings. The molecule has 4 nitrogen and oxygen atoms in total. The summed E-state index contributed by atoms with van der Waals surface area (Å²) >= 11 is 5.94. The highest BCUT2D eigenvalue weighted by Crippen LogP contribution is 2.21. The van der Waals surface area contributed by atoms with Gasteiger partial charge in [0.1, 0.15) is 0 Å². The predicted molar refractivity (Wildman–Crippen MR) is 78.5 cm³/mol. The minimum Gasteiger partial charge on any atom is -0.419 e. The third kappa shape index (κ3) is 2.97. The van der Waals surface area contributed by atoms with Crippen molar-refractivity contribution in [1.29, 1.82) is 0 Å². The number of halogens is 1. The second-order valence-electron chi connectivity index (χ2n) is 4.23. The van der Waals surface area contributed by atoms with E-state index < -0.39 is 0 Å². The summed E-state index contributed by atoms with van der Waals surface area (Å²) in [6.45, 7) is 0.484. The molecule has 5 heteroatoms. The average molecular weight is 286 g/mol. The van der Waals surface area contributed by atoms with Crippen LogP contribution in [0, 0.1) is 0 Å². The fourth-order valence-electron chi connectivity index (χ4n) is 1.80. The van der Waals surface area contributed by atoms with Gasteiger partial charge in [-0.2, -0.15) is 0 Å². The van der Waals surface area contributed by atoms with E-state index in [0.717, 1.165) is 11.3 Å². The number of rotatable bonds is 4. The van der Waals surface area contributed by atoms with E-state index in [2.05, 4.69) is 15.5 Å². The second-order valence-corrected chi connectivity index (χ2v) is 4.67. The molecule has 20 heavy (non-hydrogen) atoms. The smallest absolute Gasteiger partial charge is 0.247 e. The molecule has 100 valence electrons. The molecule has 0 saturated heterocycles. The summed E-state index contributed by atoms with van der Waals surface area (Å²) in [6, 6.07) is 17.2. The number of para-hydroxylation sites is 1. The van der Waals surface area contributed by atoms with Crippen molar-refractivity contribution >= 4 is 17.3 Å². The largest absolute Gasteiger partial charge is 0.419 e. The quantitative estimate of drug-likeness (QED) is 0.787. The van der Waals surface area contributed by atoms with Crippen LogP contribution in [0.4, 0.5) is 5.69 Å². The molecule has 2 aromatic carbocycles. The van der Waals surface area contributed by atoms with Crippen LogP contribution in [0.5, 0.6) is 0 Å². The molecule has 0 saturated carbocycles. The summed E-state index contributed by atoms with van der Waals surface area (Å²) in [5.74, 6) is 1.00. The summed E-state index contributed by atoms with van der Waals surface area (Å²) in [6.07, 6.45) is 0. The lowest BCUT2D eigenvalue weighted by molar-refractivity contribution is 0.515. The molecule has 3 rings (SSSR count). The molecule has 0 aliphatic carbocycles. The molecule has 0 amide bonds. The van der Waals surface area contributed by atoms with Crippen LogP contribution in [0.1, 0.15) is 5.89 Å². The highest BCUT2D eigenvalue weighted by atomic mass is 35.5. The molecule has 0 spiro atoms. The Kier molecular flexibility index (Phi) is 3.65. The van der Waals surface area contributed by atoms with Crippen molar-refractivity contribution in [2.45, 2.75) is 6.54 Å². The molecule has 0 aliphatic heterocycles. The van der Waals surface area contributed by atoms with Gasteiger partial charge in [0, 0.05) is 16.3 Å². The monoisotopic (exact) mass is 285 g/mol. The first-order valence-corrected chi connectivity index (χ1v) is 6.56. The van der Waals surface area contributed by atoms with Gasteiger partial charge in [0.05, 0.1) is 6.54 Å². The van der Waals surface area contributed by atoms with E-state index in [-0.39, 0.29) is 0 Å². The number of hydrogen-bond acceptors (Lipinski definition) is 4. The SMILES string of the molecule is Clc1cccc(-c2nnc(CNc3ccccc3)o2)c1. The zero-order valence-electron chi connectivity index (χ0n) is 10.6. The van der Waals surface area contributed by atoms with Crippen molar-refractivity contribution < 1.29 is 4.42 Å². The Morgan fingerprint density at radius 3 is 2.65 bits per heavy atom. The standard InChI is InChI=1S/C15H12ClN3O/c16-12-6-4-5-11(9-12)15-19-18-14(20-15)10-17-13-7-2-1-3-8-13/h1-9,17H,10H2. The Bertz CT molecular complexity index is 697. The van der Waals surface area contributed by atoms with Crippen LogP contribution in [-0.4, -0.2) is 10.2 Å². The Hall–Kier alpha value is -2.33. The van der Waals surface area contributed by atoms with Crippen LogP contribution in [-0.2, 0) is 6.54 Å². The molecule has 0 unspecified atom stereocenters. The molecule has 1 heterocycles. The molecule has 0 radical (unpaired) electrons. The fourth-order valence-corrected chi connectivity index (χ4v) is 1.99. The minimum absolute atomic E-state index is 0.470. The van der Waals surface area contributed by atoms with Crippen LogP contribution < -0.4 is 5.32 Å². The van der Waals surface area contributed by atoms with Crippen molar-refractivity contribution in [3.63, 3.8) is 0 Å². The number of hydrogen-bond donors (Lipinski definition) is 1.